The molecule has 1 heterocycles. The van der Waals surface area contributed by atoms with E-state index in [4.69, 9.17) is 4.74 Å². The summed E-state index contributed by atoms with van der Waals surface area (Å²) < 4.78 is 49.5. The Morgan fingerprint density at radius 1 is 0.912 bits per heavy atom. The zero-order chi connectivity index (χ0) is 23.7. The number of halogens is 3. The minimum Gasteiger partial charge on any atom is -0.372 e. The number of benzene rings is 1. The standard InChI is InChI=1S/C30H27F3O/c1-2-19-3-8-22(9-4-19)26-16-13-23(29(32)30(26)33)12-7-20-5-10-21(11-6-20)25-15-14-24(17-27(25)31)28-18-34-28/h2-8,10-13,15,17,22,24,26,28H,1,9,14,16,18H2/b12-7+. The molecule has 1 saturated heterocycles. The molecular weight excluding hydrogens is 433 g/mol. The van der Waals surface area contributed by atoms with Crippen LogP contribution in [0.5, 0.6) is 0 Å². The summed E-state index contributed by atoms with van der Waals surface area (Å²) >= 11 is 0. The van der Waals surface area contributed by atoms with Gasteiger partial charge in [0.2, 0.25) is 0 Å². The fraction of sp³-hybridized carbons (Fsp3) is 0.267. The van der Waals surface area contributed by atoms with Gasteiger partial charge in [0.05, 0.1) is 12.7 Å². The topological polar surface area (TPSA) is 12.5 Å². The molecule has 0 saturated carbocycles. The van der Waals surface area contributed by atoms with Crippen molar-refractivity contribution in [2.24, 2.45) is 17.8 Å². The summed E-state index contributed by atoms with van der Waals surface area (Å²) in [5.41, 5.74) is 3.50. The molecule has 34 heavy (non-hydrogen) atoms. The molecule has 5 rings (SSSR count). The van der Waals surface area contributed by atoms with E-state index in [1.54, 1.807) is 30.4 Å². The lowest BCUT2D eigenvalue weighted by atomic mass is 9.79. The third-order valence-corrected chi connectivity index (χ3v) is 7.02. The summed E-state index contributed by atoms with van der Waals surface area (Å²) in [6, 6.07) is 7.42. The van der Waals surface area contributed by atoms with Crippen LogP contribution < -0.4 is 0 Å². The second-order valence-electron chi connectivity index (χ2n) is 9.19. The first kappa shape index (κ1) is 22.7. The van der Waals surface area contributed by atoms with Gasteiger partial charge in [-0.05, 0) is 48.0 Å². The number of allylic oxidation sites excluding steroid dienone is 13. The van der Waals surface area contributed by atoms with Crippen LogP contribution in [0.1, 0.15) is 30.4 Å². The van der Waals surface area contributed by atoms with E-state index in [-0.39, 0.29) is 29.3 Å². The molecule has 0 radical (unpaired) electrons. The third-order valence-electron chi connectivity index (χ3n) is 7.02. The second kappa shape index (κ2) is 9.63. The molecule has 1 aromatic rings. The Morgan fingerprint density at radius 3 is 2.32 bits per heavy atom. The number of ether oxygens (including phenoxy) is 1. The van der Waals surface area contributed by atoms with E-state index in [2.05, 4.69) is 6.58 Å². The maximum atomic E-state index is 14.9. The van der Waals surface area contributed by atoms with Crippen LogP contribution in [-0.2, 0) is 4.74 Å². The van der Waals surface area contributed by atoms with Gasteiger partial charge in [-0.3, -0.25) is 0 Å². The first-order valence-electron chi connectivity index (χ1n) is 11.8. The Morgan fingerprint density at radius 2 is 1.68 bits per heavy atom. The normalized spacial score (nSPS) is 28.9. The lowest BCUT2D eigenvalue weighted by Crippen LogP contribution is -2.18. The van der Waals surface area contributed by atoms with E-state index in [9.17, 15) is 13.2 Å². The van der Waals surface area contributed by atoms with Crippen molar-refractivity contribution in [3.8, 4) is 0 Å². The summed E-state index contributed by atoms with van der Waals surface area (Å²) in [6.45, 7) is 4.45. The molecule has 3 aliphatic carbocycles. The van der Waals surface area contributed by atoms with Crippen LogP contribution in [0.2, 0.25) is 0 Å². The molecule has 4 unspecified atom stereocenters. The van der Waals surface area contributed by atoms with Crippen molar-refractivity contribution in [1.29, 1.82) is 0 Å². The van der Waals surface area contributed by atoms with E-state index in [0.717, 1.165) is 23.1 Å². The Hall–Kier alpha value is -3.11. The smallest absolute Gasteiger partial charge is 0.161 e. The molecule has 0 spiro atoms. The average Bonchev–Trinajstić information content (AvgIpc) is 3.71. The Labute approximate surface area is 198 Å². The van der Waals surface area contributed by atoms with E-state index < -0.39 is 17.6 Å². The van der Waals surface area contributed by atoms with Gasteiger partial charge in [0.15, 0.2) is 5.83 Å². The van der Waals surface area contributed by atoms with Crippen LogP contribution in [-0.4, -0.2) is 12.7 Å². The number of rotatable bonds is 6. The molecule has 1 fully saturated rings. The van der Waals surface area contributed by atoms with Crippen molar-refractivity contribution in [1.82, 2.24) is 0 Å². The van der Waals surface area contributed by atoms with Crippen LogP contribution in [0.15, 0.2) is 108 Å². The monoisotopic (exact) mass is 460 g/mol. The Balaban J connectivity index is 1.24. The van der Waals surface area contributed by atoms with Crippen molar-refractivity contribution < 1.29 is 17.9 Å². The fourth-order valence-corrected chi connectivity index (χ4v) is 4.83. The van der Waals surface area contributed by atoms with Gasteiger partial charge < -0.3 is 4.74 Å². The Bertz CT molecular complexity index is 1190. The molecule has 0 amide bonds. The van der Waals surface area contributed by atoms with Crippen LogP contribution in [0.4, 0.5) is 13.2 Å². The van der Waals surface area contributed by atoms with Gasteiger partial charge in [-0.25, -0.2) is 13.2 Å². The highest BCUT2D eigenvalue weighted by Crippen LogP contribution is 2.40. The Kier molecular flexibility index (Phi) is 6.42. The van der Waals surface area contributed by atoms with Crippen LogP contribution in [0.25, 0.3) is 11.6 Å². The van der Waals surface area contributed by atoms with Gasteiger partial charge in [-0.2, -0.15) is 0 Å². The van der Waals surface area contributed by atoms with Gasteiger partial charge in [-0.1, -0.05) is 79.5 Å². The van der Waals surface area contributed by atoms with E-state index in [1.165, 1.54) is 0 Å². The molecule has 4 heteroatoms. The van der Waals surface area contributed by atoms with Crippen molar-refractivity contribution in [2.45, 2.75) is 25.4 Å². The largest absolute Gasteiger partial charge is 0.372 e. The minimum absolute atomic E-state index is 0.0561. The fourth-order valence-electron chi connectivity index (χ4n) is 4.83. The molecule has 1 nitrogen and oxygen atoms in total. The zero-order valence-electron chi connectivity index (χ0n) is 18.9. The maximum Gasteiger partial charge on any atom is 0.161 e. The summed E-state index contributed by atoms with van der Waals surface area (Å²) in [4.78, 5) is 0. The lowest BCUT2D eigenvalue weighted by molar-refractivity contribution is 0.350. The highest BCUT2D eigenvalue weighted by atomic mass is 19.2. The summed E-state index contributed by atoms with van der Waals surface area (Å²) in [5.74, 6) is -2.10. The highest BCUT2D eigenvalue weighted by Gasteiger charge is 2.33. The second-order valence-corrected chi connectivity index (χ2v) is 9.19. The van der Waals surface area contributed by atoms with Crippen LogP contribution in [0.3, 0.4) is 0 Å². The third kappa shape index (κ3) is 4.74. The first-order chi connectivity index (χ1) is 16.5. The molecule has 174 valence electrons. The SMILES string of the molecule is C=CC1=CCC(C2CC=C(/C=C/c3ccc(C4=CCC(C5CO5)C=C4F)cc3)C(F)=C2F)C=C1. The van der Waals surface area contributed by atoms with Gasteiger partial charge in [0, 0.05) is 23.0 Å². The maximum absolute atomic E-state index is 14.9. The summed E-state index contributed by atoms with van der Waals surface area (Å²) in [6.07, 6.45) is 18.4. The lowest BCUT2D eigenvalue weighted by Gasteiger charge is -2.27. The van der Waals surface area contributed by atoms with Gasteiger partial charge in [0.1, 0.15) is 11.7 Å². The zero-order valence-corrected chi connectivity index (χ0v) is 18.9. The van der Waals surface area contributed by atoms with Crippen molar-refractivity contribution in [3.05, 3.63) is 119 Å². The van der Waals surface area contributed by atoms with E-state index in [1.807, 2.05) is 48.6 Å². The van der Waals surface area contributed by atoms with Crippen LogP contribution >= 0.6 is 0 Å². The van der Waals surface area contributed by atoms with Gasteiger partial charge in [-0.15, -0.1) is 0 Å². The first-order valence-corrected chi connectivity index (χ1v) is 11.8. The molecule has 0 aromatic heterocycles. The predicted octanol–water partition coefficient (Wildman–Crippen LogP) is 8.14. The van der Waals surface area contributed by atoms with Gasteiger partial charge >= 0.3 is 0 Å². The summed E-state index contributed by atoms with van der Waals surface area (Å²) in [5, 5.41) is 0. The van der Waals surface area contributed by atoms with Crippen LogP contribution in [0, 0.1) is 17.8 Å². The average molecular weight is 461 g/mol. The molecule has 4 atom stereocenters. The number of hydrogen-bond donors (Lipinski definition) is 0. The quantitative estimate of drug-likeness (QED) is 0.390. The molecule has 4 aliphatic rings. The molecule has 0 N–H and O–H groups in total. The molecular formula is C30H27F3O. The highest BCUT2D eigenvalue weighted by molar-refractivity contribution is 5.78. The summed E-state index contributed by atoms with van der Waals surface area (Å²) in [7, 11) is 0. The molecule has 1 aromatic carbocycles. The van der Waals surface area contributed by atoms with Crippen molar-refractivity contribution >= 4 is 11.6 Å². The van der Waals surface area contributed by atoms with E-state index >= 15 is 0 Å². The van der Waals surface area contributed by atoms with Crippen molar-refractivity contribution in [2.75, 3.05) is 6.61 Å². The number of hydrogen-bond acceptors (Lipinski definition) is 1. The molecule has 1 aliphatic heterocycles. The van der Waals surface area contributed by atoms with Gasteiger partial charge in [0.25, 0.3) is 0 Å². The minimum atomic E-state index is -0.787. The van der Waals surface area contributed by atoms with Crippen molar-refractivity contribution in [3.63, 3.8) is 0 Å². The molecule has 0 bridgehead atoms. The predicted molar refractivity (Wildman–Crippen MR) is 131 cm³/mol. The number of epoxide rings is 1. The van der Waals surface area contributed by atoms with E-state index in [0.29, 0.717) is 25.0 Å².